The average molecular weight is 947 g/mol. The number of benzene rings is 2. The lowest BCUT2D eigenvalue weighted by molar-refractivity contribution is -0.204. The fourth-order valence-corrected chi connectivity index (χ4v) is 16.7. The second-order valence-corrected chi connectivity index (χ2v) is 23.5. The first-order valence-corrected chi connectivity index (χ1v) is 25.9. The summed E-state index contributed by atoms with van der Waals surface area (Å²) in [6, 6.07) is 11.2. The number of esters is 1. The largest absolute Gasteiger partial charge is 0.496 e. The molecule has 9 aliphatic rings. The number of ketones is 1. The van der Waals surface area contributed by atoms with Gasteiger partial charge in [-0.25, -0.2) is 0 Å². The molecule has 6 N–H and O–H groups in total. The highest BCUT2D eigenvalue weighted by Crippen LogP contribution is 2.68. The summed E-state index contributed by atoms with van der Waals surface area (Å²) in [5.74, 6) is -0.445. The lowest BCUT2D eigenvalue weighted by atomic mass is 9.47. The van der Waals surface area contributed by atoms with Gasteiger partial charge in [-0.05, 0) is 131 Å². The van der Waals surface area contributed by atoms with E-state index in [2.05, 4.69) is 62.7 Å². The Bertz CT molecular complexity index is 2580. The van der Waals surface area contributed by atoms with Crippen LogP contribution in [0.2, 0.25) is 0 Å². The number of amides is 1. The molecular formula is C55H74N6O8. The zero-order valence-electron chi connectivity index (χ0n) is 41.6. The van der Waals surface area contributed by atoms with Crippen molar-refractivity contribution in [3.63, 3.8) is 0 Å². The number of ether oxygens (including phenoxy) is 2. The first kappa shape index (κ1) is 47.0. The highest BCUT2D eigenvalue weighted by Gasteiger charge is 2.79. The van der Waals surface area contributed by atoms with Gasteiger partial charge in [-0.15, -0.1) is 0 Å². The zero-order chi connectivity index (χ0) is 48.5. The van der Waals surface area contributed by atoms with Crippen LogP contribution in [-0.2, 0) is 36.4 Å². The minimum absolute atomic E-state index is 0.0961. The number of aliphatic hydroxyl groups is 3. The Kier molecular flexibility index (Phi) is 11.2. The molecule has 5 aliphatic heterocycles. The average Bonchev–Trinajstić information content (AvgIpc) is 4.00. The molecule has 0 radical (unpaired) electrons. The van der Waals surface area contributed by atoms with Crippen molar-refractivity contribution >= 4 is 34.3 Å². The van der Waals surface area contributed by atoms with Gasteiger partial charge in [-0.1, -0.05) is 37.3 Å². The molecule has 14 heteroatoms. The van der Waals surface area contributed by atoms with E-state index in [9.17, 15) is 20.1 Å². The quantitative estimate of drug-likeness (QED) is 0.117. The molecule has 10 atom stereocenters. The van der Waals surface area contributed by atoms with E-state index in [1.54, 1.807) is 14.0 Å². The zero-order valence-corrected chi connectivity index (χ0v) is 41.6. The third kappa shape index (κ3) is 6.67. The van der Waals surface area contributed by atoms with Crippen LogP contribution in [0.25, 0.3) is 10.9 Å². The van der Waals surface area contributed by atoms with Gasteiger partial charge in [-0.2, -0.15) is 0 Å². The molecule has 1 aromatic heterocycles. The lowest BCUT2D eigenvalue weighted by Gasteiger charge is -2.63. The molecule has 4 saturated carbocycles. The van der Waals surface area contributed by atoms with Crippen LogP contribution in [-0.4, -0.2) is 151 Å². The number of methoxy groups -OCH3 is 2. The van der Waals surface area contributed by atoms with Gasteiger partial charge in [0.1, 0.15) is 23.1 Å². The summed E-state index contributed by atoms with van der Waals surface area (Å²) in [7, 11) is 5.02. The van der Waals surface area contributed by atoms with E-state index in [1.165, 1.54) is 7.11 Å². The van der Waals surface area contributed by atoms with Crippen LogP contribution in [0.5, 0.6) is 5.75 Å². The molecule has 14 nitrogen and oxygen atoms in total. The number of nitrogens with one attached hydrogen (secondary N) is 3. The molecule has 1 spiro atoms. The Balaban J connectivity index is 1.05. The van der Waals surface area contributed by atoms with E-state index >= 15 is 9.59 Å². The van der Waals surface area contributed by atoms with Gasteiger partial charge in [0, 0.05) is 97.1 Å². The summed E-state index contributed by atoms with van der Waals surface area (Å²) in [6.45, 7) is 10.5. The van der Waals surface area contributed by atoms with Crippen molar-refractivity contribution in [2.75, 3.05) is 78.5 Å². The summed E-state index contributed by atoms with van der Waals surface area (Å²) in [5, 5.41) is 46.5. The molecule has 4 aliphatic carbocycles. The fraction of sp³-hybridized carbons (Fsp3) is 0.655. The van der Waals surface area contributed by atoms with Gasteiger partial charge in [0.15, 0.2) is 5.60 Å². The van der Waals surface area contributed by atoms with E-state index in [0.717, 1.165) is 78.5 Å². The molecule has 69 heavy (non-hydrogen) atoms. The van der Waals surface area contributed by atoms with Crippen molar-refractivity contribution < 1.29 is 39.2 Å². The number of fused-ring (bicyclic) bond motifs is 9. The van der Waals surface area contributed by atoms with Crippen molar-refractivity contribution in [2.45, 2.75) is 132 Å². The predicted molar refractivity (Wildman–Crippen MR) is 263 cm³/mol. The Labute approximate surface area is 406 Å². The standard InChI is InChI=1S/C55H74N6O8/c1-7-52-14-10-22-61-24-21-53(44(52)61)38-25-39(54(48(65)69-6)28-35-27-49(3,66)33-60(30-35)23-13-37-36-11-8-9-12-40(36)58-43(37)54)42(68-5)26-41(38)59(4)45(53)55(67,46(52)63)47(64)57-32-51-18-15-50(16-19-51,17-20-51)31-56-29-34(2)62/h8-12,14,25-26,35,44-46,56,58,63,66-67H,7,13,15-24,27-33H2,1-6H3,(H,57,64)/t35?,44?,45?,46-,49+,50?,51?,52-,53?,54+,55+/m1/s1. The number of aromatic nitrogens is 1. The van der Waals surface area contributed by atoms with Gasteiger partial charge >= 0.3 is 5.97 Å². The summed E-state index contributed by atoms with van der Waals surface area (Å²) in [6.07, 6.45) is 11.3. The van der Waals surface area contributed by atoms with Crippen LogP contribution in [0.1, 0.15) is 107 Å². The Morgan fingerprint density at radius 2 is 1.65 bits per heavy atom. The highest BCUT2D eigenvalue weighted by molar-refractivity contribution is 5.95. The van der Waals surface area contributed by atoms with Crippen LogP contribution in [0.3, 0.4) is 0 Å². The summed E-state index contributed by atoms with van der Waals surface area (Å²) in [5.41, 5.74) is -1.34. The molecule has 1 amide bonds. The van der Waals surface area contributed by atoms with Gasteiger partial charge in [-0.3, -0.25) is 24.2 Å². The molecular weight excluding hydrogens is 873 g/mol. The Morgan fingerprint density at radius 1 is 0.928 bits per heavy atom. The number of aliphatic hydroxyl groups excluding tert-OH is 1. The molecule has 3 aromatic rings. The molecule has 12 rings (SSSR count). The first-order chi connectivity index (χ1) is 33.0. The third-order valence-corrected chi connectivity index (χ3v) is 19.7. The number of hydrogen-bond donors (Lipinski definition) is 6. The Hall–Kier alpha value is -4.31. The number of likely N-dealkylation sites (N-methyl/N-ethyl adjacent to an activating group) is 1. The second kappa shape index (κ2) is 16.4. The molecule has 6 fully saturated rings. The van der Waals surface area contributed by atoms with Gasteiger partial charge in [0.25, 0.3) is 5.91 Å². The molecule has 2 aromatic carbocycles. The van der Waals surface area contributed by atoms with Gasteiger partial charge < -0.3 is 45.3 Å². The number of Topliss-reactive ketones (excluding diaryl/α,β-unsaturated/α-hetero) is 1. The summed E-state index contributed by atoms with van der Waals surface area (Å²) < 4.78 is 12.5. The van der Waals surface area contributed by atoms with Crippen molar-refractivity contribution in [1.82, 2.24) is 25.4 Å². The molecule has 5 unspecified atom stereocenters. The SMILES string of the molecule is CC[C@]12C=CCN3CCC4(c5cc([C@@]6(C(=O)OC)CC7CN(CCc8c6[nH]c6ccccc86)C[C@@](C)(O)C7)c(OC)cc5N(C)C4[C@@](O)(C(=O)NCC45CCC(CNCC(C)=O)(CC4)CC5)[C@@H]1O)C32. The number of aromatic amines is 1. The second-order valence-electron chi connectivity index (χ2n) is 23.5. The summed E-state index contributed by atoms with van der Waals surface area (Å²) in [4.78, 5) is 53.3. The van der Waals surface area contributed by atoms with Crippen LogP contribution in [0.15, 0.2) is 48.6 Å². The number of piperidine rings is 1. The normalized spacial score (nSPS) is 39.7. The molecule has 372 valence electrons. The maximum absolute atomic E-state index is 15.5. The van der Waals surface area contributed by atoms with E-state index in [0.29, 0.717) is 89.2 Å². The molecule has 6 heterocycles. The maximum atomic E-state index is 15.5. The predicted octanol–water partition coefficient (Wildman–Crippen LogP) is 4.49. The van der Waals surface area contributed by atoms with Crippen molar-refractivity contribution in [2.24, 2.45) is 22.2 Å². The topological polar surface area (TPSA) is 180 Å². The Morgan fingerprint density at radius 3 is 2.35 bits per heavy atom. The fourth-order valence-electron chi connectivity index (χ4n) is 16.7. The monoisotopic (exact) mass is 947 g/mol. The van der Waals surface area contributed by atoms with Crippen LogP contribution >= 0.6 is 0 Å². The number of H-pyrrole nitrogens is 1. The maximum Gasteiger partial charge on any atom is 0.322 e. The number of hydrogen-bond acceptors (Lipinski definition) is 12. The lowest BCUT2D eigenvalue weighted by Crippen LogP contribution is -2.82. The van der Waals surface area contributed by atoms with Crippen molar-refractivity contribution in [3.8, 4) is 5.75 Å². The highest BCUT2D eigenvalue weighted by atomic mass is 16.5. The number of anilines is 1. The summed E-state index contributed by atoms with van der Waals surface area (Å²) >= 11 is 0. The van der Waals surface area contributed by atoms with Crippen LogP contribution < -0.4 is 20.3 Å². The van der Waals surface area contributed by atoms with Crippen molar-refractivity contribution in [3.05, 3.63) is 70.9 Å². The van der Waals surface area contributed by atoms with E-state index < -0.39 is 51.5 Å². The number of rotatable bonds is 11. The third-order valence-electron chi connectivity index (χ3n) is 19.7. The smallest absolute Gasteiger partial charge is 0.322 e. The number of carbonyl (C=O) groups excluding carboxylic acids is 3. The first-order valence-electron chi connectivity index (χ1n) is 25.9. The number of carbonyl (C=O) groups is 3. The number of nitrogens with zero attached hydrogens (tertiary/aromatic N) is 3. The van der Waals surface area contributed by atoms with Crippen LogP contribution in [0.4, 0.5) is 5.69 Å². The van der Waals surface area contributed by atoms with E-state index in [4.69, 9.17) is 9.47 Å². The van der Waals surface area contributed by atoms with E-state index in [1.807, 2.05) is 37.1 Å². The molecule has 2 saturated heterocycles. The molecule has 4 bridgehead atoms. The minimum atomic E-state index is -2.24. The van der Waals surface area contributed by atoms with Gasteiger partial charge in [0.2, 0.25) is 0 Å². The van der Waals surface area contributed by atoms with Gasteiger partial charge in [0.05, 0.1) is 32.4 Å². The number of para-hydroxylation sites is 1. The van der Waals surface area contributed by atoms with E-state index in [-0.39, 0.29) is 28.6 Å². The van der Waals surface area contributed by atoms with Crippen molar-refractivity contribution in [1.29, 1.82) is 0 Å². The minimum Gasteiger partial charge on any atom is -0.496 e. The van der Waals surface area contributed by atoms with Crippen LogP contribution in [0, 0.1) is 22.2 Å².